The summed E-state index contributed by atoms with van der Waals surface area (Å²) in [4.78, 5) is 10.4. The minimum atomic E-state index is -3.15. The van der Waals surface area contributed by atoms with Crippen LogP contribution in [0, 0.1) is 0 Å². The maximum Gasteiger partial charge on any atom is 0.225 e. The first-order chi connectivity index (χ1) is 8.91. The van der Waals surface area contributed by atoms with Gasteiger partial charge in [-0.15, -0.1) is 0 Å². The van der Waals surface area contributed by atoms with E-state index in [2.05, 4.69) is 25.9 Å². The van der Waals surface area contributed by atoms with Crippen LogP contribution >= 0.6 is 15.9 Å². The van der Waals surface area contributed by atoms with Gasteiger partial charge in [0.15, 0.2) is 0 Å². The molecule has 0 spiro atoms. The van der Waals surface area contributed by atoms with Crippen molar-refractivity contribution in [3.8, 4) is 0 Å². The Morgan fingerprint density at radius 2 is 1.68 bits per heavy atom. The lowest BCUT2D eigenvalue weighted by Crippen LogP contribution is -2.50. The fraction of sp³-hybridized carbons (Fsp3) is 0.636. The highest BCUT2D eigenvalue weighted by Gasteiger charge is 2.29. The molecule has 0 aromatic carbocycles. The van der Waals surface area contributed by atoms with Crippen LogP contribution in [0.5, 0.6) is 0 Å². The number of nitrogens with zero attached hydrogens (tertiary/aromatic N) is 4. The Labute approximate surface area is 122 Å². The number of piperazine rings is 1. The van der Waals surface area contributed by atoms with Gasteiger partial charge in [0.25, 0.3) is 0 Å². The fourth-order valence-electron chi connectivity index (χ4n) is 1.91. The van der Waals surface area contributed by atoms with Crippen LogP contribution < -0.4 is 4.90 Å². The SMILES string of the molecule is CC(C)S(=O)(=O)N1CCN(c2ncc(Br)cn2)CC1. The van der Waals surface area contributed by atoms with E-state index in [0.29, 0.717) is 32.1 Å². The zero-order chi connectivity index (χ0) is 14.0. The predicted molar refractivity (Wildman–Crippen MR) is 77.6 cm³/mol. The van der Waals surface area contributed by atoms with Crippen LogP contribution in [0.3, 0.4) is 0 Å². The fourth-order valence-corrected chi connectivity index (χ4v) is 3.38. The molecule has 1 aromatic heterocycles. The van der Waals surface area contributed by atoms with E-state index in [9.17, 15) is 8.42 Å². The smallest absolute Gasteiger partial charge is 0.225 e. The van der Waals surface area contributed by atoms with Crippen LogP contribution in [0.15, 0.2) is 16.9 Å². The van der Waals surface area contributed by atoms with Crippen molar-refractivity contribution >= 4 is 31.9 Å². The summed E-state index contributed by atoms with van der Waals surface area (Å²) in [7, 11) is -3.15. The van der Waals surface area contributed by atoms with Gasteiger partial charge in [-0.3, -0.25) is 0 Å². The average molecular weight is 349 g/mol. The highest BCUT2D eigenvalue weighted by atomic mass is 79.9. The van der Waals surface area contributed by atoms with Crippen LogP contribution in [-0.2, 0) is 10.0 Å². The lowest BCUT2D eigenvalue weighted by molar-refractivity contribution is 0.379. The zero-order valence-corrected chi connectivity index (χ0v) is 13.4. The lowest BCUT2D eigenvalue weighted by Gasteiger charge is -2.34. The molecule has 1 aliphatic heterocycles. The molecule has 0 saturated carbocycles. The minimum absolute atomic E-state index is 0.372. The molecule has 0 aliphatic carbocycles. The maximum atomic E-state index is 12.0. The normalized spacial score (nSPS) is 18.0. The Morgan fingerprint density at radius 1 is 1.16 bits per heavy atom. The van der Waals surface area contributed by atoms with Crippen LogP contribution in [0.2, 0.25) is 0 Å². The Kier molecular flexibility index (Phi) is 4.42. The molecule has 1 aliphatic rings. The predicted octanol–water partition coefficient (Wildman–Crippen LogP) is 1.10. The monoisotopic (exact) mass is 348 g/mol. The van der Waals surface area contributed by atoms with E-state index >= 15 is 0 Å². The van der Waals surface area contributed by atoms with Gasteiger partial charge < -0.3 is 4.90 Å². The third-order valence-corrected chi connectivity index (χ3v) is 5.77. The lowest BCUT2D eigenvalue weighted by atomic mass is 10.4. The Hall–Kier alpha value is -0.730. The number of rotatable bonds is 3. The first-order valence-electron chi connectivity index (χ1n) is 6.12. The molecule has 1 aromatic rings. The zero-order valence-electron chi connectivity index (χ0n) is 11.0. The second-order valence-electron chi connectivity index (χ2n) is 4.68. The summed E-state index contributed by atoms with van der Waals surface area (Å²) in [5, 5.41) is -0.372. The number of hydrogen-bond acceptors (Lipinski definition) is 5. The standard InChI is InChI=1S/C11H17BrN4O2S/c1-9(2)19(17,18)16-5-3-15(4-6-16)11-13-7-10(12)8-14-11/h7-9H,3-6H2,1-2H3. The topological polar surface area (TPSA) is 66.4 Å². The summed E-state index contributed by atoms with van der Waals surface area (Å²) in [5.41, 5.74) is 0. The second kappa shape index (κ2) is 5.72. The van der Waals surface area contributed by atoms with Crippen molar-refractivity contribution < 1.29 is 8.42 Å². The summed E-state index contributed by atoms with van der Waals surface area (Å²) in [5.74, 6) is 0.643. The van der Waals surface area contributed by atoms with Gasteiger partial charge in [0.2, 0.25) is 16.0 Å². The van der Waals surface area contributed by atoms with E-state index < -0.39 is 10.0 Å². The maximum absolute atomic E-state index is 12.0. The van der Waals surface area contributed by atoms with E-state index in [1.165, 1.54) is 0 Å². The third-order valence-electron chi connectivity index (χ3n) is 3.08. The van der Waals surface area contributed by atoms with Gasteiger partial charge in [0.05, 0.1) is 9.72 Å². The summed E-state index contributed by atoms with van der Waals surface area (Å²) in [6.45, 7) is 5.63. The van der Waals surface area contributed by atoms with Crippen LogP contribution in [-0.4, -0.2) is 54.1 Å². The van der Waals surface area contributed by atoms with E-state index in [0.717, 1.165) is 4.47 Å². The first kappa shape index (κ1) is 14.7. The molecule has 1 saturated heterocycles. The largest absolute Gasteiger partial charge is 0.338 e. The highest BCUT2D eigenvalue weighted by Crippen LogP contribution is 2.16. The van der Waals surface area contributed by atoms with E-state index in [1.54, 1.807) is 30.5 Å². The highest BCUT2D eigenvalue weighted by molar-refractivity contribution is 9.10. The van der Waals surface area contributed by atoms with Crippen molar-refractivity contribution in [1.29, 1.82) is 0 Å². The molecule has 0 N–H and O–H groups in total. The van der Waals surface area contributed by atoms with E-state index in [-0.39, 0.29) is 5.25 Å². The van der Waals surface area contributed by atoms with Crippen molar-refractivity contribution in [2.75, 3.05) is 31.1 Å². The first-order valence-corrected chi connectivity index (χ1v) is 8.42. The molecule has 1 fully saturated rings. The van der Waals surface area contributed by atoms with Gasteiger partial charge in [-0.25, -0.2) is 18.4 Å². The second-order valence-corrected chi connectivity index (χ2v) is 8.09. The molecule has 6 nitrogen and oxygen atoms in total. The third kappa shape index (κ3) is 3.24. The Bertz CT molecular complexity index is 524. The molecule has 8 heteroatoms. The van der Waals surface area contributed by atoms with Gasteiger partial charge in [-0.05, 0) is 29.8 Å². The van der Waals surface area contributed by atoms with E-state index in [1.807, 2.05) is 4.90 Å². The summed E-state index contributed by atoms with van der Waals surface area (Å²) in [6, 6.07) is 0. The molecule has 0 amide bonds. The number of anilines is 1. The van der Waals surface area contributed by atoms with E-state index in [4.69, 9.17) is 0 Å². The van der Waals surface area contributed by atoms with Crippen LogP contribution in [0.4, 0.5) is 5.95 Å². The van der Waals surface area contributed by atoms with Gasteiger partial charge in [0, 0.05) is 38.6 Å². The van der Waals surface area contributed by atoms with Gasteiger partial charge in [-0.2, -0.15) is 4.31 Å². The molecule has 0 atom stereocenters. The van der Waals surface area contributed by atoms with Crippen molar-refractivity contribution in [3.05, 3.63) is 16.9 Å². The van der Waals surface area contributed by atoms with Gasteiger partial charge in [0.1, 0.15) is 0 Å². The van der Waals surface area contributed by atoms with Crippen molar-refractivity contribution in [1.82, 2.24) is 14.3 Å². The Balaban J connectivity index is 2.02. The molecule has 19 heavy (non-hydrogen) atoms. The molecule has 2 rings (SSSR count). The van der Waals surface area contributed by atoms with Crippen molar-refractivity contribution in [3.63, 3.8) is 0 Å². The average Bonchev–Trinajstić information content (AvgIpc) is 2.39. The number of aromatic nitrogens is 2. The number of sulfonamides is 1. The molecular formula is C11H17BrN4O2S. The molecule has 0 bridgehead atoms. The summed E-state index contributed by atoms with van der Waals surface area (Å²) < 4.78 is 26.5. The molecule has 0 radical (unpaired) electrons. The molecule has 2 heterocycles. The quantitative estimate of drug-likeness (QED) is 0.818. The van der Waals surface area contributed by atoms with Crippen molar-refractivity contribution in [2.24, 2.45) is 0 Å². The summed E-state index contributed by atoms with van der Waals surface area (Å²) >= 11 is 3.29. The minimum Gasteiger partial charge on any atom is -0.338 e. The molecule has 106 valence electrons. The molecule has 0 unspecified atom stereocenters. The van der Waals surface area contributed by atoms with Gasteiger partial charge >= 0.3 is 0 Å². The van der Waals surface area contributed by atoms with Crippen molar-refractivity contribution in [2.45, 2.75) is 19.1 Å². The molecular weight excluding hydrogens is 332 g/mol. The number of hydrogen-bond donors (Lipinski definition) is 0. The number of halogens is 1. The van der Waals surface area contributed by atoms with Crippen LogP contribution in [0.25, 0.3) is 0 Å². The summed E-state index contributed by atoms with van der Waals surface area (Å²) in [6.07, 6.45) is 3.39. The van der Waals surface area contributed by atoms with Gasteiger partial charge in [-0.1, -0.05) is 0 Å². The van der Waals surface area contributed by atoms with Crippen LogP contribution in [0.1, 0.15) is 13.8 Å². The Morgan fingerprint density at radius 3 is 2.16 bits per heavy atom.